The zero-order chi connectivity index (χ0) is 14.0. The molecule has 0 aliphatic rings. The number of unbranched alkanes of at least 4 members (excludes halogenated alkanes) is 2. The minimum absolute atomic E-state index is 0.972. The number of hydrogen-bond acceptors (Lipinski definition) is 2. The summed E-state index contributed by atoms with van der Waals surface area (Å²) in [6.45, 7) is 10.0. The Labute approximate surface area is 110 Å². The highest BCUT2D eigenvalue weighted by atomic mass is 16.4. The highest BCUT2D eigenvalue weighted by molar-refractivity contribution is 5.60. The minimum atomic E-state index is -1.08. The van der Waals surface area contributed by atoms with Gasteiger partial charge in [-0.05, 0) is 19.8 Å². The number of imidazole rings is 1. The van der Waals surface area contributed by atoms with Gasteiger partial charge in [0.1, 0.15) is 12.4 Å². The zero-order valence-corrected chi connectivity index (χ0v) is 12.1. The molecule has 0 bridgehead atoms. The summed E-state index contributed by atoms with van der Waals surface area (Å²) in [6.07, 6.45) is 9.52. The van der Waals surface area contributed by atoms with Crippen LogP contribution in [0.5, 0.6) is 0 Å². The number of aliphatic carboxylic acids is 1. The summed E-state index contributed by atoms with van der Waals surface area (Å²) >= 11 is 0. The predicted molar refractivity (Wildman–Crippen MR) is 69.9 cm³/mol. The Balaban J connectivity index is 0.000000631. The zero-order valence-electron chi connectivity index (χ0n) is 12.1. The van der Waals surface area contributed by atoms with E-state index in [9.17, 15) is 0 Å². The van der Waals surface area contributed by atoms with Gasteiger partial charge in [0.05, 0.1) is 13.1 Å². The van der Waals surface area contributed by atoms with Crippen molar-refractivity contribution in [3.63, 3.8) is 0 Å². The Morgan fingerprint density at radius 1 is 1.33 bits per heavy atom. The van der Waals surface area contributed by atoms with Crippen molar-refractivity contribution < 1.29 is 14.5 Å². The van der Waals surface area contributed by atoms with Gasteiger partial charge < -0.3 is 9.90 Å². The van der Waals surface area contributed by atoms with Gasteiger partial charge in [-0.25, -0.2) is 9.13 Å². The largest absolute Gasteiger partial charge is 0.550 e. The summed E-state index contributed by atoms with van der Waals surface area (Å²) in [7, 11) is 0. The number of rotatable bonds is 6. The van der Waals surface area contributed by atoms with Crippen molar-refractivity contribution >= 4 is 5.97 Å². The van der Waals surface area contributed by atoms with E-state index in [1.807, 2.05) is 0 Å². The molecular weight excluding hydrogens is 228 g/mol. The van der Waals surface area contributed by atoms with Crippen molar-refractivity contribution in [2.45, 2.75) is 66.5 Å². The molecule has 4 heteroatoms. The Morgan fingerprint density at radius 2 is 1.89 bits per heavy atom. The molecule has 0 fully saturated rings. The van der Waals surface area contributed by atoms with E-state index in [0.717, 1.165) is 6.92 Å². The van der Waals surface area contributed by atoms with Crippen molar-refractivity contribution in [2.24, 2.45) is 0 Å². The normalized spacial score (nSPS) is 9.78. The second-order valence-electron chi connectivity index (χ2n) is 4.43. The number of nitrogens with zero attached hydrogens (tertiary/aromatic N) is 2. The molecule has 0 saturated carbocycles. The highest BCUT2D eigenvalue weighted by Gasteiger charge is 2.10. The van der Waals surface area contributed by atoms with E-state index in [1.165, 1.54) is 44.6 Å². The average Bonchev–Trinajstić information content (AvgIpc) is 2.64. The molecule has 0 saturated heterocycles. The van der Waals surface area contributed by atoms with Gasteiger partial charge in [-0.2, -0.15) is 0 Å². The number of carboxylic acid groups (broad SMARTS) is 1. The summed E-state index contributed by atoms with van der Waals surface area (Å²) in [5.41, 5.74) is 0. The van der Waals surface area contributed by atoms with Crippen molar-refractivity contribution in [1.29, 1.82) is 0 Å². The van der Waals surface area contributed by atoms with Gasteiger partial charge >= 0.3 is 0 Å². The first-order chi connectivity index (χ1) is 8.52. The Morgan fingerprint density at radius 3 is 2.39 bits per heavy atom. The first-order valence-corrected chi connectivity index (χ1v) is 6.75. The fourth-order valence-corrected chi connectivity index (χ4v) is 1.67. The molecule has 0 unspecified atom stereocenters. The van der Waals surface area contributed by atoms with Crippen LogP contribution in [0.1, 0.15) is 52.3 Å². The van der Waals surface area contributed by atoms with Gasteiger partial charge in [0.25, 0.3) is 5.82 Å². The van der Waals surface area contributed by atoms with E-state index in [2.05, 4.69) is 42.3 Å². The van der Waals surface area contributed by atoms with Gasteiger partial charge in [0, 0.05) is 12.9 Å². The molecule has 0 amide bonds. The van der Waals surface area contributed by atoms with Crippen molar-refractivity contribution in [2.75, 3.05) is 0 Å². The highest BCUT2D eigenvalue weighted by Crippen LogP contribution is 1.99. The van der Waals surface area contributed by atoms with Gasteiger partial charge in [0.15, 0.2) is 0 Å². The van der Waals surface area contributed by atoms with E-state index >= 15 is 0 Å². The number of carboxylic acids is 1. The maximum Gasteiger partial charge on any atom is 0.253 e. The van der Waals surface area contributed by atoms with E-state index in [4.69, 9.17) is 9.90 Å². The number of hydrogen-bond donors (Lipinski definition) is 0. The Bertz CT molecular complexity index is 316. The van der Waals surface area contributed by atoms with Gasteiger partial charge in [-0.3, -0.25) is 0 Å². The molecule has 0 aliphatic heterocycles. The third kappa shape index (κ3) is 7.09. The second kappa shape index (κ2) is 9.68. The summed E-state index contributed by atoms with van der Waals surface area (Å²) in [6, 6.07) is 0. The molecule has 104 valence electrons. The van der Waals surface area contributed by atoms with Crippen molar-refractivity contribution in [1.82, 2.24) is 4.57 Å². The maximum atomic E-state index is 8.89. The number of aryl methyl sites for hydroxylation is 2. The van der Waals surface area contributed by atoms with Crippen LogP contribution in [0.25, 0.3) is 0 Å². The van der Waals surface area contributed by atoms with Crippen LogP contribution >= 0.6 is 0 Å². The molecule has 1 heterocycles. The smallest absolute Gasteiger partial charge is 0.253 e. The van der Waals surface area contributed by atoms with Crippen LogP contribution in [-0.4, -0.2) is 10.5 Å². The lowest BCUT2D eigenvalue weighted by atomic mass is 10.3. The van der Waals surface area contributed by atoms with Crippen LogP contribution in [0.2, 0.25) is 0 Å². The van der Waals surface area contributed by atoms with E-state index in [0.29, 0.717) is 0 Å². The van der Waals surface area contributed by atoms with E-state index in [-0.39, 0.29) is 0 Å². The molecule has 0 aliphatic carbocycles. The Kier molecular flexibility index (Phi) is 8.97. The Hall–Kier alpha value is -1.32. The van der Waals surface area contributed by atoms with Crippen molar-refractivity contribution in [3.05, 3.63) is 18.2 Å². The summed E-state index contributed by atoms with van der Waals surface area (Å²) in [5, 5.41) is 8.89. The summed E-state index contributed by atoms with van der Waals surface area (Å²) in [5.74, 6) is 0.312. The first-order valence-electron chi connectivity index (χ1n) is 6.75. The van der Waals surface area contributed by atoms with Crippen LogP contribution in [0, 0.1) is 6.92 Å². The molecule has 1 aromatic heterocycles. The van der Waals surface area contributed by atoms with Crippen LogP contribution in [0.4, 0.5) is 0 Å². The van der Waals surface area contributed by atoms with Crippen molar-refractivity contribution in [3.8, 4) is 0 Å². The number of aromatic nitrogens is 2. The third-order valence-electron chi connectivity index (χ3n) is 2.76. The second-order valence-corrected chi connectivity index (χ2v) is 4.43. The van der Waals surface area contributed by atoms with E-state index in [1.54, 1.807) is 0 Å². The fraction of sp³-hybridized carbons (Fsp3) is 0.714. The average molecular weight is 254 g/mol. The predicted octanol–water partition coefficient (Wildman–Crippen LogP) is 1.44. The first kappa shape index (κ1) is 16.7. The molecule has 18 heavy (non-hydrogen) atoms. The fourth-order valence-electron chi connectivity index (χ4n) is 1.67. The molecule has 1 rings (SSSR count). The van der Waals surface area contributed by atoms with Crippen LogP contribution in [0.3, 0.4) is 0 Å². The minimum Gasteiger partial charge on any atom is -0.550 e. The van der Waals surface area contributed by atoms with Crippen LogP contribution in [0.15, 0.2) is 12.4 Å². The molecule has 0 radical (unpaired) electrons. The SMILES string of the molecule is CC(=O)[O-].CCCCn1cc[n+](CCCC)c1C. The topological polar surface area (TPSA) is 48.9 Å². The monoisotopic (exact) mass is 254 g/mol. The third-order valence-corrected chi connectivity index (χ3v) is 2.76. The lowest BCUT2D eigenvalue weighted by Gasteiger charge is -1.99. The molecule has 0 atom stereocenters. The number of carbonyl (C=O) groups is 1. The summed E-state index contributed by atoms with van der Waals surface area (Å²) < 4.78 is 4.72. The standard InChI is InChI=1S/C12H23N2.C2H4O2/c1-4-6-8-13-10-11-14(12(13)3)9-7-5-2;1-2(3)4/h10-11H,4-9H2,1-3H3;1H3,(H,3,4)/q+1;/p-1. The molecule has 4 nitrogen and oxygen atoms in total. The molecule has 1 aromatic rings. The van der Waals surface area contributed by atoms with Gasteiger partial charge in [-0.15, -0.1) is 0 Å². The summed E-state index contributed by atoms with van der Waals surface area (Å²) in [4.78, 5) is 8.89. The quantitative estimate of drug-likeness (QED) is 0.721. The molecule has 0 aromatic carbocycles. The molecule has 0 N–H and O–H groups in total. The van der Waals surface area contributed by atoms with Gasteiger partial charge in [-0.1, -0.05) is 26.7 Å². The van der Waals surface area contributed by atoms with Gasteiger partial charge in [0.2, 0.25) is 0 Å². The van der Waals surface area contributed by atoms with Crippen LogP contribution < -0.4 is 9.67 Å². The number of carbonyl (C=O) groups excluding carboxylic acids is 1. The lowest BCUT2D eigenvalue weighted by Crippen LogP contribution is -2.35. The lowest BCUT2D eigenvalue weighted by molar-refractivity contribution is -0.702. The molecule has 0 spiro atoms. The van der Waals surface area contributed by atoms with Crippen LogP contribution in [-0.2, 0) is 17.9 Å². The maximum absolute atomic E-state index is 8.89. The molecular formula is C14H26N2O2. The van der Waals surface area contributed by atoms with E-state index < -0.39 is 5.97 Å².